The van der Waals surface area contributed by atoms with E-state index >= 15 is 0 Å². The average Bonchev–Trinajstić information content (AvgIpc) is 2.68. The second kappa shape index (κ2) is 3.86. The second-order valence-corrected chi connectivity index (χ2v) is 3.50. The summed E-state index contributed by atoms with van der Waals surface area (Å²) in [5.74, 6) is 1.49. The number of nitrogens with two attached hydrogens (primary N) is 1. The lowest BCUT2D eigenvalue weighted by Crippen LogP contribution is -1.99. The van der Waals surface area contributed by atoms with Gasteiger partial charge in [-0.25, -0.2) is 0 Å². The minimum atomic E-state index is 0.378. The van der Waals surface area contributed by atoms with Crippen LogP contribution in [-0.2, 0) is 4.79 Å². The minimum absolute atomic E-state index is 0.378. The van der Waals surface area contributed by atoms with Crippen molar-refractivity contribution in [3.05, 3.63) is 0 Å². The van der Waals surface area contributed by atoms with Gasteiger partial charge in [-0.2, -0.15) is 0 Å². The van der Waals surface area contributed by atoms with Crippen LogP contribution in [0, 0.1) is 11.8 Å². The predicted octanol–water partition coefficient (Wildman–Crippen LogP) is 1.34. The fraction of sp³-hybridized carbons (Fsp3) is 0.889. The van der Waals surface area contributed by atoms with Gasteiger partial charge in [0.2, 0.25) is 0 Å². The number of Topliss-reactive ketones (excluding diaryl/α,β-unsaturated/α-hetero) is 1. The van der Waals surface area contributed by atoms with E-state index in [1.807, 2.05) is 0 Å². The molecule has 0 aromatic rings. The van der Waals surface area contributed by atoms with Gasteiger partial charge in [0, 0.05) is 5.92 Å². The average molecular weight is 155 g/mol. The maximum absolute atomic E-state index is 10.8. The lowest BCUT2D eigenvalue weighted by atomic mass is 10.1. The highest BCUT2D eigenvalue weighted by Crippen LogP contribution is 2.42. The Bertz CT molecular complexity index is 144. The van der Waals surface area contributed by atoms with Gasteiger partial charge in [-0.3, -0.25) is 4.79 Å². The van der Waals surface area contributed by atoms with Crippen molar-refractivity contribution in [1.29, 1.82) is 0 Å². The van der Waals surface area contributed by atoms with Gasteiger partial charge in [0.05, 0.1) is 0 Å². The first-order valence-electron chi connectivity index (χ1n) is 4.46. The summed E-state index contributed by atoms with van der Waals surface area (Å²) in [6.07, 6.45) is 4.66. The monoisotopic (exact) mass is 155 g/mol. The summed E-state index contributed by atoms with van der Waals surface area (Å²) >= 11 is 0. The van der Waals surface area contributed by atoms with Gasteiger partial charge in [0.25, 0.3) is 0 Å². The molecule has 1 rings (SSSR count). The molecular formula is C9H17NO. The number of rotatable bonds is 5. The van der Waals surface area contributed by atoms with Gasteiger partial charge in [-0.15, -0.1) is 0 Å². The highest BCUT2D eigenvalue weighted by atomic mass is 16.1. The van der Waals surface area contributed by atoms with Crippen molar-refractivity contribution in [1.82, 2.24) is 0 Å². The number of unbranched alkanes of at least 4 members (excludes halogenated alkanes) is 1. The molecule has 1 saturated carbocycles. The van der Waals surface area contributed by atoms with E-state index in [1.54, 1.807) is 6.92 Å². The minimum Gasteiger partial charge on any atom is -0.330 e. The van der Waals surface area contributed by atoms with Crippen LogP contribution < -0.4 is 5.73 Å². The molecule has 0 aromatic heterocycles. The lowest BCUT2D eigenvalue weighted by molar-refractivity contribution is -0.118. The van der Waals surface area contributed by atoms with Crippen LogP contribution in [0.4, 0.5) is 0 Å². The van der Waals surface area contributed by atoms with Gasteiger partial charge in [0.15, 0.2) is 0 Å². The van der Waals surface area contributed by atoms with Gasteiger partial charge in [0.1, 0.15) is 5.78 Å². The van der Waals surface area contributed by atoms with Crippen LogP contribution in [0.25, 0.3) is 0 Å². The normalized spacial score (nSPS) is 28.5. The largest absolute Gasteiger partial charge is 0.330 e. The summed E-state index contributed by atoms with van der Waals surface area (Å²) in [5.41, 5.74) is 5.36. The molecule has 0 radical (unpaired) electrons. The van der Waals surface area contributed by atoms with E-state index in [2.05, 4.69) is 0 Å². The Labute approximate surface area is 68.2 Å². The van der Waals surface area contributed by atoms with Crippen LogP contribution in [0.2, 0.25) is 0 Å². The second-order valence-electron chi connectivity index (χ2n) is 3.50. The van der Waals surface area contributed by atoms with Crippen molar-refractivity contribution in [2.24, 2.45) is 17.6 Å². The molecule has 2 atom stereocenters. The topological polar surface area (TPSA) is 43.1 Å². The van der Waals surface area contributed by atoms with Crippen LogP contribution in [0.5, 0.6) is 0 Å². The summed E-state index contributed by atoms with van der Waals surface area (Å²) in [6.45, 7) is 2.49. The molecule has 2 nitrogen and oxygen atoms in total. The molecule has 0 aliphatic heterocycles. The lowest BCUT2D eigenvalue weighted by Gasteiger charge is -1.95. The first-order chi connectivity index (χ1) is 5.25. The molecule has 1 aliphatic rings. The Morgan fingerprint density at radius 3 is 2.73 bits per heavy atom. The van der Waals surface area contributed by atoms with Crippen molar-refractivity contribution in [3.63, 3.8) is 0 Å². The number of hydrogen-bond acceptors (Lipinski definition) is 2. The van der Waals surface area contributed by atoms with E-state index in [9.17, 15) is 4.79 Å². The number of hydrogen-bond donors (Lipinski definition) is 1. The molecule has 0 spiro atoms. The molecule has 0 heterocycles. The summed E-state index contributed by atoms with van der Waals surface area (Å²) in [7, 11) is 0. The zero-order chi connectivity index (χ0) is 8.27. The SMILES string of the molecule is CC(=O)C1CC1CCCCN. The Morgan fingerprint density at radius 2 is 2.27 bits per heavy atom. The van der Waals surface area contributed by atoms with Gasteiger partial charge >= 0.3 is 0 Å². The maximum atomic E-state index is 10.8. The first kappa shape index (κ1) is 8.72. The summed E-state index contributed by atoms with van der Waals surface area (Å²) in [5, 5.41) is 0. The fourth-order valence-corrected chi connectivity index (χ4v) is 1.62. The van der Waals surface area contributed by atoms with Crippen molar-refractivity contribution >= 4 is 5.78 Å². The third-order valence-corrected chi connectivity index (χ3v) is 2.47. The molecule has 2 unspecified atom stereocenters. The molecule has 64 valence electrons. The number of ketones is 1. The molecule has 1 fully saturated rings. The zero-order valence-electron chi connectivity index (χ0n) is 7.18. The van der Waals surface area contributed by atoms with Crippen LogP contribution >= 0.6 is 0 Å². The Balaban J connectivity index is 2.00. The Kier molecular flexibility index (Phi) is 3.06. The third-order valence-electron chi connectivity index (χ3n) is 2.47. The van der Waals surface area contributed by atoms with Crippen LogP contribution in [0.1, 0.15) is 32.6 Å². The molecule has 0 amide bonds. The van der Waals surface area contributed by atoms with E-state index < -0.39 is 0 Å². The Morgan fingerprint density at radius 1 is 1.55 bits per heavy atom. The smallest absolute Gasteiger partial charge is 0.133 e. The van der Waals surface area contributed by atoms with Crippen LogP contribution in [0.3, 0.4) is 0 Å². The third kappa shape index (κ3) is 2.62. The summed E-state index contributed by atoms with van der Waals surface area (Å²) in [6, 6.07) is 0. The van der Waals surface area contributed by atoms with Crippen molar-refractivity contribution in [2.75, 3.05) is 6.54 Å². The van der Waals surface area contributed by atoms with Gasteiger partial charge in [-0.05, 0) is 38.6 Å². The van der Waals surface area contributed by atoms with Crippen molar-refractivity contribution < 1.29 is 4.79 Å². The van der Waals surface area contributed by atoms with E-state index in [-0.39, 0.29) is 0 Å². The van der Waals surface area contributed by atoms with Gasteiger partial charge in [-0.1, -0.05) is 6.42 Å². The van der Waals surface area contributed by atoms with E-state index in [4.69, 9.17) is 5.73 Å². The van der Waals surface area contributed by atoms with Gasteiger partial charge < -0.3 is 5.73 Å². The highest BCUT2D eigenvalue weighted by Gasteiger charge is 2.39. The molecule has 0 bridgehead atoms. The first-order valence-corrected chi connectivity index (χ1v) is 4.46. The van der Waals surface area contributed by atoms with Crippen molar-refractivity contribution in [2.45, 2.75) is 32.6 Å². The van der Waals surface area contributed by atoms with Crippen LogP contribution in [-0.4, -0.2) is 12.3 Å². The summed E-state index contributed by atoms with van der Waals surface area (Å²) in [4.78, 5) is 10.8. The van der Waals surface area contributed by atoms with E-state index in [1.165, 1.54) is 12.8 Å². The molecular weight excluding hydrogens is 138 g/mol. The molecule has 0 saturated heterocycles. The van der Waals surface area contributed by atoms with E-state index in [0.29, 0.717) is 17.6 Å². The Hall–Kier alpha value is -0.370. The number of carbonyl (C=O) groups excluding carboxylic acids is 1. The number of carbonyl (C=O) groups is 1. The molecule has 1 aliphatic carbocycles. The van der Waals surface area contributed by atoms with Crippen LogP contribution in [0.15, 0.2) is 0 Å². The molecule has 11 heavy (non-hydrogen) atoms. The standard InChI is InChI=1S/C9H17NO/c1-7(11)9-6-8(9)4-2-3-5-10/h8-9H,2-6,10H2,1H3. The molecule has 2 heteroatoms. The highest BCUT2D eigenvalue weighted by molar-refractivity contribution is 5.81. The molecule has 2 N–H and O–H groups in total. The zero-order valence-corrected chi connectivity index (χ0v) is 7.18. The van der Waals surface area contributed by atoms with E-state index in [0.717, 1.165) is 19.4 Å². The fourth-order valence-electron chi connectivity index (χ4n) is 1.62. The quantitative estimate of drug-likeness (QED) is 0.609. The predicted molar refractivity (Wildman–Crippen MR) is 45.2 cm³/mol. The maximum Gasteiger partial charge on any atom is 0.133 e. The summed E-state index contributed by atoms with van der Waals surface area (Å²) < 4.78 is 0. The molecule has 0 aromatic carbocycles. The van der Waals surface area contributed by atoms with Crippen molar-refractivity contribution in [3.8, 4) is 0 Å².